The topological polar surface area (TPSA) is 45.9 Å². The number of carbonyl (C=O) groups is 1. The summed E-state index contributed by atoms with van der Waals surface area (Å²) in [5.74, 6) is 1.09. The van der Waals surface area contributed by atoms with E-state index in [1.54, 1.807) is 13.4 Å². The van der Waals surface area contributed by atoms with Gasteiger partial charge in [-0.05, 0) is 49.1 Å². The Balaban J connectivity index is 1.67. The third kappa shape index (κ3) is 5.19. The second kappa shape index (κ2) is 9.55. The summed E-state index contributed by atoms with van der Waals surface area (Å²) in [6.45, 7) is 4.70. The van der Waals surface area contributed by atoms with Crippen molar-refractivity contribution in [3.05, 3.63) is 59.5 Å². The number of likely N-dealkylation sites (tertiary alicyclic amines) is 1. The third-order valence-electron chi connectivity index (χ3n) is 4.79. The lowest BCUT2D eigenvalue weighted by Crippen LogP contribution is -2.35. The van der Waals surface area contributed by atoms with Gasteiger partial charge in [0.1, 0.15) is 5.76 Å². The molecule has 2 aromatic rings. The average Bonchev–Trinajstić information content (AvgIpc) is 3.19. The summed E-state index contributed by atoms with van der Waals surface area (Å²) in [6.07, 6.45) is 5.14. The van der Waals surface area contributed by atoms with Gasteiger partial charge in [-0.1, -0.05) is 12.1 Å². The molecule has 26 heavy (non-hydrogen) atoms. The van der Waals surface area contributed by atoms with Crippen LogP contribution in [-0.2, 0) is 17.8 Å². The number of piperidine rings is 1. The van der Waals surface area contributed by atoms with Gasteiger partial charge in [0.05, 0.1) is 19.4 Å². The Morgan fingerprint density at radius 1 is 1.15 bits per heavy atom. The number of carbonyl (C=O) groups excluding carboxylic acids is 1. The first kappa shape index (κ1) is 18.7. The monoisotopic (exact) mass is 356 g/mol. The van der Waals surface area contributed by atoms with Crippen molar-refractivity contribution in [2.75, 3.05) is 33.4 Å². The molecule has 0 aliphatic carbocycles. The molecule has 1 fully saturated rings. The molecular formula is C21H28N2O3. The number of furan rings is 1. The highest BCUT2D eigenvalue weighted by atomic mass is 16.5. The molecule has 0 saturated carbocycles. The van der Waals surface area contributed by atoms with Crippen LogP contribution in [0.5, 0.6) is 0 Å². The largest absolute Gasteiger partial charge is 0.468 e. The van der Waals surface area contributed by atoms with Gasteiger partial charge in [0.15, 0.2) is 0 Å². The molecule has 5 nitrogen and oxygen atoms in total. The summed E-state index contributed by atoms with van der Waals surface area (Å²) < 4.78 is 10.7. The fourth-order valence-electron chi connectivity index (χ4n) is 3.40. The smallest absolute Gasteiger partial charge is 0.253 e. The third-order valence-corrected chi connectivity index (χ3v) is 4.79. The molecule has 1 saturated heterocycles. The minimum atomic E-state index is 0.154. The Morgan fingerprint density at radius 3 is 2.73 bits per heavy atom. The van der Waals surface area contributed by atoms with Gasteiger partial charge in [-0.15, -0.1) is 0 Å². The van der Waals surface area contributed by atoms with Crippen molar-refractivity contribution in [2.24, 2.45) is 0 Å². The Bertz CT molecular complexity index is 678. The van der Waals surface area contributed by atoms with E-state index in [4.69, 9.17) is 9.15 Å². The zero-order valence-electron chi connectivity index (χ0n) is 15.5. The number of hydrogen-bond donors (Lipinski definition) is 0. The molecule has 1 aromatic carbocycles. The molecule has 0 bridgehead atoms. The zero-order valence-corrected chi connectivity index (χ0v) is 15.5. The molecule has 2 heterocycles. The van der Waals surface area contributed by atoms with Crippen molar-refractivity contribution in [3.63, 3.8) is 0 Å². The van der Waals surface area contributed by atoms with E-state index >= 15 is 0 Å². The van der Waals surface area contributed by atoms with Crippen LogP contribution in [-0.4, -0.2) is 49.1 Å². The van der Waals surface area contributed by atoms with E-state index in [-0.39, 0.29) is 5.91 Å². The van der Waals surface area contributed by atoms with Gasteiger partial charge in [-0.25, -0.2) is 0 Å². The fraction of sp³-hybridized carbons (Fsp3) is 0.476. The number of amides is 1. The number of nitrogens with zero attached hydrogens (tertiary/aromatic N) is 2. The van der Waals surface area contributed by atoms with Gasteiger partial charge >= 0.3 is 0 Å². The maximum Gasteiger partial charge on any atom is 0.253 e. The SMILES string of the molecule is COCCN(Cc1cccc(C(=O)N2CCCCC2)c1)Cc1ccco1. The normalized spacial score (nSPS) is 14.8. The van der Waals surface area contributed by atoms with E-state index in [9.17, 15) is 4.79 Å². The first-order chi connectivity index (χ1) is 12.8. The van der Waals surface area contributed by atoms with Crippen molar-refractivity contribution in [3.8, 4) is 0 Å². The molecular weight excluding hydrogens is 328 g/mol. The van der Waals surface area contributed by atoms with Gasteiger partial charge in [-0.3, -0.25) is 9.69 Å². The van der Waals surface area contributed by atoms with Crippen LogP contribution in [0.1, 0.15) is 40.9 Å². The van der Waals surface area contributed by atoms with E-state index in [1.807, 2.05) is 35.2 Å². The summed E-state index contributed by atoms with van der Waals surface area (Å²) in [7, 11) is 1.71. The van der Waals surface area contributed by atoms with Crippen LogP contribution >= 0.6 is 0 Å². The van der Waals surface area contributed by atoms with Crippen molar-refractivity contribution in [1.29, 1.82) is 0 Å². The number of ether oxygens (including phenoxy) is 1. The van der Waals surface area contributed by atoms with Gasteiger partial charge in [0, 0.05) is 38.9 Å². The Hall–Kier alpha value is -2.11. The molecule has 3 rings (SSSR count). The van der Waals surface area contributed by atoms with Crippen molar-refractivity contribution in [2.45, 2.75) is 32.4 Å². The molecule has 1 aliphatic heterocycles. The highest BCUT2D eigenvalue weighted by Crippen LogP contribution is 2.16. The van der Waals surface area contributed by atoms with Crippen LogP contribution in [0.2, 0.25) is 0 Å². The maximum absolute atomic E-state index is 12.7. The predicted octanol–water partition coefficient (Wildman–Crippen LogP) is 3.55. The van der Waals surface area contributed by atoms with Crippen LogP contribution in [0.15, 0.2) is 47.1 Å². The van der Waals surface area contributed by atoms with Crippen LogP contribution in [0.3, 0.4) is 0 Å². The zero-order chi connectivity index (χ0) is 18.2. The summed E-state index contributed by atoms with van der Waals surface area (Å²) in [4.78, 5) is 17.0. The summed E-state index contributed by atoms with van der Waals surface area (Å²) in [5, 5.41) is 0. The Morgan fingerprint density at radius 2 is 2.00 bits per heavy atom. The molecule has 0 radical (unpaired) electrons. The molecule has 0 N–H and O–H groups in total. The fourth-order valence-corrected chi connectivity index (χ4v) is 3.40. The number of rotatable bonds is 8. The predicted molar refractivity (Wildman–Crippen MR) is 101 cm³/mol. The second-order valence-electron chi connectivity index (χ2n) is 6.84. The van der Waals surface area contributed by atoms with Crippen molar-refractivity contribution >= 4 is 5.91 Å². The van der Waals surface area contributed by atoms with Crippen molar-refractivity contribution < 1.29 is 13.9 Å². The van der Waals surface area contributed by atoms with E-state index in [0.717, 1.165) is 62.5 Å². The second-order valence-corrected chi connectivity index (χ2v) is 6.84. The molecule has 0 unspecified atom stereocenters. The lowest BCUT2D eigenvalue weighted by atomic mass is 10.1. The van der Waals surface area contributed by atoms with Crippen LogP contribution < -0.4 is 0 Å². The molecule has 140 valence electrons. The Kier molecular flexibility index (Phi) is 6.86. The van der Waals surface area contributed by atoms with E-state index in [0.29, 0.717) is 6.61 Å². The lowest BCUT2D eigenvalue weighted by molar-refractivity contribution is 0.0724. The summed E-state index contributed by atoms with van der Waals surface area (Å²) >= 11 is 0. The first-order valence-electron chi connectivity index (χ1n) is 9.38. The van der Waals surface area contributed by atoms with Gasteiger partial charge in [-0.2, -0.15) is 0 Å². The van der Waals surface area contributed by atoms with E-state index < -0.39 is 0 Å². The highest BCUT2D eigenvalue weighted by Gasteiger charge is 2.18. The standard InChI is InChI=1S/C21H28N2O3/c1-25-14-12-22(17-20-9-6-13-26-20)16-18-7-5-8-19(15-18)21(24)23-10-3-2-4-11-23/h5-9,13,15H,2-4,10-12,14,16-17H2,1H3. The van der Waals surface area contributed by atoms with E-state index in [1.165, 1.54) is 6.42 Å². The molecule has 1 aliphatic rings. The quantitative estimate of drug-likeness (QED) is 0.726. The van der Waals surface area contributed by atoms with Crippen molar-refractivity contribution in [1.82, 2.24) is 9.80 Å². The van der Waals surface area contributed by atoms with E-state index in [2.05, 4.69) is 11.0 Å². The van der Waals surface area contributed by atoms with Gasteiger partial charge < -0.3 is 14.1 Å². The van der Waals surface area contributed by atoms with Crippen LogP contribution in [0.25, 0.3) is 0 Å². The van der Waals surface area contributed by atoms with Crippen LogP contribution in [0.4, 0.5) is 0 Å². The number of hydrogen-bond acceptors (Lipinski definition) is 4. The summed E-state index contributed by atoms with van der Waals surface area (Å²) in [5.41, 5.74) is 1.92. The molecule has 0 atom stereocenters. The number of benzene rings is 1. The summed E-state index contributed by atoms with van der Waals surface area (Å²) in [6, 6.07) is 11.9. The molecule has 1 amide bonds. The highest BCUT2D eigenvalue weighted by molar-refractivity contribution is 5.94. The maximum atomic E-state index is 12.7. The minimum absolute atomic E-state index is 0.154. The van der Waals surface area contributed by atoms with Gasteiger partial charge in [0.2, 0.25) is 0 Å². The van der Waals surface area contributed by atoms with Gasteiger partial charge in [0.25, 0.3) is 5.91 Å². The molecule has 5 heteroatoms. The average molecular weight is 356 g/mol. The Labute approximate surface area is 155 Å². The van der Waals surface area contributed by atoms with Crippen LogP contribution in [0, 0.1) is 0 Å². The molecule has 1 aromatic heterocycles. The molecule has 0 spiro atoms. The number of methoxy groups -OCH3 is 1. The first-order valence-corrected chi connectivity index (χ1v) is 9.38. The lowest BCUT2D eigenvalue weighted by Gasteiger charge is -2.27. The minimum Gasteiger partial charge on any atom is -0.468 e.